The van der Waals surface area contributed by atoms with Crippen molar-refractivity contribution in [3.8, 4) is 0 Å². The smallest absolute Gasteiger partial charge is 0.319 e. The van der Waals surface area contributed by atoms with Gasteiger partial charge in [0, 0.05) is 17.1 Å². The number of para-hydroxylation sites is 2. The monoisotopic (exact) mass is 373 g/mol. The first-order valence-electron chi connectivity index (χ1n) is 9.13. The lowest BCUT2D eigenvalue weighted by Crippen LogP contribution is -2.46. The van der Waals surface area contributed by atoms with Crippen molar-refractivity contribution in [2.24, 2.45) is 0 Å². The average molecular weight is 373 g/mol. The molecule has 3 aromatic rings. The number of urea groups is 1. The number of aryl methyl sites for hydroxylation is 1. The van der Waals surface area contributed by atoms with E-state index in [-0.39, 0.29) is 5.91 Å². The maximum atomic E-state index is 13.2. The van der Waals surface area contributed by atoms with E-state index < -0.39 is 12.1 Å². The largest absolute Gasteiger partial charge is 0.326 e. The van der Waals surface area contributed by atoms with E-state index in [2.05, 4.69) is 10.6 Å². The van der Waals surface area contributed by atoms with Crippen LogP contribution in [0.3, 0.4) is 0 Å². The summed E-state index contributed by atoms with van der Waals surface area (Å²) in [6.45, 7) is 3.63. The van der Waals surface area contributed by atoms with Gasteiger partial charge in [-0.25, -0.2) is 4.79 Å². The number of nitrogens with zero attached hydrogens (tertiary/aromatic N) is 1. The number of benzene rings is 3. The molecule has 5 nitrogen and oxygen atoms in total. The van der Waals surface area contributed by atoms with Crippen LogP contribution in [-0.2, 0) is 4.79 Å². The lowest BCUT2D eigenvalue weighted by molar-refractivity contribution is -0.119. The summed E-state index contributed by atoms with van der Waals surface area (Å²) in [5, 5.41) is 5.49. The second-order valence-corrected chi connectivity index (χ2v) is 6.53. The number of hydrogen-bond donors (Lipinski definition) is 2. The second-order valence-electron chi connectivity index (χ2n) is 6.53. The van der Waals surface area contributed by atoms with Crippen LogP contribution < -0.4 is 15.5 Å². The van der Waals surface area contributed by atoms with Crippen molar-refractivity contribution in [3.05, 3.63) is 90.5 Å². The molecule has 0 heterocycles. The van der Waals surface area contributed by atoms with Crippen LogP contribution in [-0.4, -0.2) is 18.0 Å². The van der Waals surface area contributed by atoms with E-state index in [1.54, 1.807) is 17.9 Å². The van der Waals surface area contributed by atoms with Crippen molar-refractivity contribution in [1.29, 1.82) is 0 Å². The molecule has 5 heteroatoms. The average Bonchev–Trinajstić information content (AvgIpc) is 2.69. The Hall–Kier alpha value is -3.60. The van der Waals surface area contributed by atoms with Gasteiger partial charge in [0.15, 0.2) is 0 Å². The summed E-state index contributed by atoms with van der Waals surface area (Å²) in [5.74, 6) is -0.225. The van der Waals surface area contributed by atoms with E-state index in [1.165, 1.54) is 0 Å². The summed E-state index contributed by atoms with van der Waals surface area (Å²) < 4.78 is 0. The summed E-state index contributed by atoms with van der Waals surface area (Å²) in [6.07, 6.45) is 0. The molecule has 3 aromatic carbocycles. The van der Waals surface area contributed by atoms with Crippen LogP contribution in [0.5, 0.6) is 0 Å². The summed E-state index contributed by atoms with van der Waals surface area (Å²) in [6, 6.07) is 25.1. The fraction of sp³-hybridized carbons (Fsp3) is 0.130. The summed E-state index contributed by atoms with van der Waals surface area (Å²) in [5.41, 5.74) is 3.21. The van der Waals surface area contributed by atoms with Gasteiger partial charge in [0.05, 0.1) is 0 Å². The summed E-state index contributed by atoms with van der Waals surface area (Å²) in [7, 11) is 0. The lowest BCUT2D eigenvalue weighted by atomic mass is 10.2. The fourth-order valence-electron chi connectivity index (χ4n) is 2.90. The number of hydrogen-bond acceptors (Lipinski definition) is 2. The zero-order valence-electron chi connectivity index (χ0n) is 15.9. The Morgan fingerprint density at radius 1 is 0.821 bits per heavy atom. The Morgan fingerprint density at radius 2 is 1.39 bits per heavy atom. The highest BCUT2D eigenvalue weighted by Gasteiger charge is 2.24. The lowest BCUT2D eigenvalue weighted by Gasteiger charge is -2.26. The molecule has 0 radical (unpaired) electrons. The van der Waals surface area contributed by atoms with Gasteiger partial charge in [0.1, 0.15) is 6.04 Å². The SMILES string of the molecule is Cc1cccc(NC(=O)N[C@@H](C)C(=O)N(c2ccccc2)c2ccccc2)c1. The van der Waals surface area contributed by atoms with Gasteiger partial charge < -0.3 is 10.6 Å². The van der Waals surface area contributed by atoms with Gasteiger partial charge in [-0.05, 0) is 55.8 Å². The Bertz CT molecular complexity index is 903. The van der Waals surface area contributed by atoms with Gasteiger partial charge >= 0.3 is 6.03 Å². The van der Waals surface area contributed by atoms with E-state index in [4.69, 9.17) is 0 Å². The zero-order chi connectivity index (χ0) is 19.9. The molecule has 0 unspecified atom stereocenters. The Balaban J connectivity index is 1.76. The summed E-state index contributed by atoms with van der Waals surface area (Å²) >= 11 is 0. The maximum absolute atomic E-state index is 13.2. The van der Waals surface area contributed by atoms with E-state index in [1.807, 2.05) is 85.8 Å². The molecule has 0 saturated heterocycles. The fourth-order valence-corrected chi connectivity index (χ4v) is 2.90. The normalized spacial score (nSPS) is 11.4. The van der Waals surface area contributed by atoms with Crippen LogP contribution >= 0.6 is 0 Å². The molecule has 0 spiro atoms. The molecule has 0 aliphatic carbocycles. The molecule has 3 amide bonds. The van der Waals surface area contributed by atoms with Gasteiger partial charge in [-0.3, -0.25) is 9.69 Å². The molecule has 0 saturated carbocycles. The van der Waals surface area contributed by atoms with Crippen molar-refractivity contribution in [2.45, 2.75) is 19.9 Å². The third kappa shape index (κ3) is 4.76. The van der Waals surface area contributed by atoms with Crippen molar-refractivity contribution in [2.75, 3.05) is 10.2 Å². The molecule has 2 N–H and O–H groups in total. The van der Waals surface area contributed by atoms with Crippen LogP contribution in [0.2, 0.25) is 0 Å². The zero-order valence-corrected chi connectivity index (χ0v) is 15.9. The van der Waals surface area contributed by atoms with Crippen LogP contribution in [0.1, 0.15) is 12.5 Å². The minimum Gasteiger partial charge on any atom is -0.326 e. The van der Waals surface area contributed by atoms with Crippen molar-refractivity contribution in [1.82, 2.24) is 5.32 Å². The Morgan fingerprint density at radius 3 is 1.93 bits per heavy atom. The predicted octanol–water partition coefficient (Wildman–Crippen LogP) is 4.87. The highest BCUT2D eigenvalue weighted by atomic mass is 16.2. The predicted molar refractivity (Wildman–Crippen MR) is 113 cm³/mol. The third-order valence-electron chi connectivity index (χ3n) is 4.24. The van der Waals surface area contributed by atoms with Crippen LogP contribution in [0, 0.1) is 6.92 Å². The maximum Gasteiger partial charge on any atom is 0.319 e. The molecular formula is C23H23N3O2. The van der Waals surface area contributed by atoms with Crippen molar-refractivity contribution in [3.63, 3.8) is 0 Å². The van der Waals surface area contributed by atoms with Gasteiger partial charge in [0.2, 0.25) is 0 Å². The first-order valence-corrected chi connectivity index (χ1v) is 9.13. The topological polar surface area (TPSA) is 61.4 Å². The van der Waals surface area contributed by atoms with Gasteiger partial charge in [-0.1, -0.05) is 48.5 Å². The highest BCUT2D eigenvalue weighted by Crippen LogP contribution is 2.25. The molecule has 3 rings (SSSR count). The minimum atomic E-state index is -0.717. The number of rotatable bonds is 5. The molecule has 0 aromatic heterocycles. The number of carbonyl (C=O) groups excluding carboxylic acids is 2. The van der Waals surface area contributed by atoms with Gasteiger partial charge in [-0.2, -0.15) is 0 Å². The van der Waals surface area contributed by atoms with Crippen LogP contribution in [0.4, 0.5) is 21.9 Å². The molecule has 0 aliphatic rings. The first-order chi connectivity index (χ1) is 13.5. The molecule has 0 aliphatic heterocycles. The molecule has 28 heavy (non-hydrogen) atoms. The van der Waals surface area contributed by atoms with E-state index >= 15 is 0 Å². The van der Waals surface area contributed by atoms with E-state index in [0.717, 1.165) is 16.9 Å². The van der Waals surface area contributed by atoms with Crippen LogP contribution in [0.15, 0.2) is 84.9 Å². The molecule has 1 atom stereocenters. The third-order valence-corrected chi connectivity index (χ3v) is 4.24. The van der Waals surface area contributed by atoms with E-state index in [0.29, 0.717) is 5.69 Å². The van der Waals surface area contributed by atoms with Crippen LogP contribution in [0.25, 0.3) is 0 Å². The first kappa shape index (κ1) is 19.2. The van der Waals surface area contributed by atoms with Crippen molar-refractivity contribution < 1.29 is 9.59 Å². The highest BCUT2D eigenvalue weighted by molar-refractivity contribution is 6.05. The van der Waals surface area contributed by atoms with Gasteiger partial charge in [0.25, 0.3) is 5.91 Å². The van der Waals surface area contributed by atoms with Gasteiger partial charge in [-0.15, -0.1) is 0 Å². The number of carbonyl (C=O) groups is 2. The molecule has 142 valence electrons. The van der Waals surface area contributed by atoms with Crippen molar-refractivity contribution >= 4 is 29.0 Å². The molecule has 0 fully saturated rings. The molecular weight excluding hydrogens is 350 g/mol. The second kappa shape index (κ2) is 8.86. The number of amides is 3. The Labute approximate surface area is 165 Å². The summed E-state index contributed by atoms with van der Waals surface area (Å²) in [4.78, 5) is 27.1. The number of nitrogens with one attached hydrogen (secondary N) is 2. The quantitative estimate of drug-likeness (QED) is 0.670. The minimum absolute atomic E-state index is 0.225. The number of anilines is 3. The Kier molecular flexibility index (Phi) is 6.07. The molecule has 0 bridgehead atoms. The van der Waals surface area contributed by atoms with E-state index in [9.17, 15) is 9.59 Å². The standard InChI is InChI=1S/C23H23N3O2/c1-17-10-9-11-19(16-17)25-23(28)24-18(2)22(27)26(20-12-5-3-6-13-20)21-14-7-4-8-15-21/h3-16,18H,1-2H3,(H2,24,25,28)/t18-/m0/s1.